The van der Waals surface area contributed by atoms with Gasteiger partial charge in [0.2, 0.25) is 5.91 Å². The summed E-state index contributed by atoms with van der Waals surface area (Å²) in [5.74, 6) is -1.26. The lowest BCUT2D eigenvalue weighted by Gasteiger charge is -2.24. The second kappa shape index (κ2) is 7.50. The normalized spacial score (nSPS) is 17.5. The molecule has 0 heterocycles. The molecule has 1 aliphatic rings. The van der Waals surface area contributed by atoms with Crippen LogP contribution in [0.1, 0.15) is 44.6 Å². The van der Waals surface area contributed by atoms with Crippen LogP contribution in [0.4, 0.5) is 8.78 Å². The second-order valence-electron chi connectivity index (χ2n) is 5.68. The number of carbonyl (C=O) groups excluding carboxylic acids is 1. The Balaban J connectivity index is 1.80. The number of carbonyl (C=O) groups is 1. The summed E-state index contributed by atoms with van der Waals surface area (Å²) in [7, 11) is 0. The molecule has 1 aromatic rings. The highest BCUT2D eigenvalue weighted by Gasteiger charge is 2.19. The van der Waals surface area contributed by atoms with Gasteiger partial charge >= 0.3 is 0 Å². The standard InChI is InChI=1S/C16H22F2N2O/c1-11(16(21)20-14-5-3-2-4-6-14)19-10-12-7-8-13(17)9-15(12)18/h7-9,11,14,19H,2-6,10H2,1H3,(H,20,21). The number of amides is 1. The molecule has 1 atom stereocenters. The molecule has 0 bridgehead atoms. The van der Waals surface area contributed by atoms with E-state index in [9.17, 15) is 13.6 Å². The van der Waals surface area contributed by atoms with Crippen molar-refractivity contribution in [2.24, 2.45) is 0 Å². The molecule has 0 aliphatic heterocycles. The van der Waals surface area contributed by atoms with E-state index in [1.807, 2.05) is 0 Å². The van der Waals surface area contributed by atoms with Gasteiger partial charge in [0.05, 0.1) is 6.04 Å². The molecular formula is C16H22F2N2O. The first-order valence-corrected chi connectivity index (χ1v) is 7.54. The zero-order valence-corrected chi connectivity index (χ0v) is 12.3. The molecule has 1 aliphatic carbocycles. The Morgan fingerprint density at radius 2 is 2.00 bits per heavy atom. The van der Waals surface area contributed by atoms with Crippen molar-refractivity contribution in [2.75, 3.05) is 0 Å². The molecule has 2 rings (SSSR count). The van der Waals surface area contributed by atoms with Crippen LogP contribution in [-0.2, 0) is 11.3 Å². The van der Waals surface area contributed by atoms with E-state index in [1.165, 1.54) is 18.6 Å². The summed E-state index contributed by atoms with van der Waals surface area (Å²) < 4.78 is 26.3. The van der Waals surface area contributed by atoms with Crippen LogP contribution in [0.2, 0.25) is 0 Å². The predicted octanol–water partition coefficient (Wildman–Crippen LogP) is 2.89. The van der Waals surface area contributed by atoms with Gasteiger partial charge in [-0.2, -0.15) is 0 Å². The molecule has 116 valence electrons. The largest absolute Gasteiger partial charge is 0.352 e. The Kier molecular flexibility index (Phi) is 5.67. The summed E-state index contributed by atoms with van der Waals surface area (Å²) in [5.41, 5.74) is 0.355. The topological polar surface area (TPSA) is 41.1 Å². The van der Waals surface area contributed by atoms with Gasteiger partial charge in [-0.3, -0.25) is 4.79 Å². The van der Waals surface area contributed by atoms with Crippen molar-refractivity contribution in [3.05, 3.63) is 35.4 Å². The van der Waals surface area contributed by atoms with E-state index in [2.05, 4.69) is 10.6 Å². The fourth-order valence-corrected chi connectivity index (χ4v) is 2.59. The molecule has 1 saturated carbocycles. The average molecular weight is 296 g/mol. The monoisotopic (exact) mass is 296 g/mol. The highest BCUT2D eigenvalue weighted by molar-refractivity contribution is 5.81. The van der Waals surface area contributed by atoms with Gasteiger partial charge in [0.15, 0.2) is 0 Å². The van der Waals surface area contributed by atoms with Crippen LogP contribution in [0.3, 0.4) is 0 Å². The molecule has 1 unspecified atom stereocenters. The van der Waals surface area contributed by atoms with Crippen LogP contribution in [0.25, 0.3) is 0 Å². The molecule has 1 aromatic carbocycles. The smallest absolute Gasteiger partial charge is 0.237 e. The van der Waals surface area contributed by atoms with Gasteiger partial charge in [0, 0.05) is 24.2 Å². The first-order valence-electron chi connectivity index (χ1n) is 7.54. The Bertz CT molecular complexity index is 487. The lowest BCUT2D eigenvalue weighted by molar-refractivity contribution is -0.123. The first kappa shape index (κ1) is 15.9. The lowest BCUT2D eigenvalue weighted by atomic mass is 9.95. The summed E-state index contributed by atoms with van der Waals surface area (Å²) in [6, 6.07) is 3.31. The van der Waals surface area contributed by atoms with E-state index in [-0.39, 0.29) is 18.5 Å². The second-order valence-corrected chi connectivity index (χ2v) is 5.68. The molecular weight excluding hydrogens is 274 g/mol. The Labute approximate surface area is 124 Å². The van der Waals surface area contributed by atoms with Crippen LogP contribution < -0.4 is 10.6 Å². The van der Waals surface area contributed by atoms with Gasteiger partial charge in [0.1, 0.15) is 11.6 Å². The van der Waals surface area contributed by atoms with E-state index >= 15 is 0 Å². The third-order valence-corrected chi connectivity index (χ3v) is 3.96. The lowest BCUT2D eigenvalue weighted by Crippen LogP contribution is -2.46. The fraction of sp³-hybridized carbons (Fsp3) is 0.562. The molecule has 0 aromatic heterocycles. The number of rotatable bonds is 5. The Morgan fingerprint density at radius 1 is 1.29 bits per heavy atom. The van der Waals surface area contributed by atoms with E-state index in [4.69, 9.17) is 0 Å². The van der Waals surface area contributed by atoms with Crippen LogP contribution in [0.15, 0.2) is 18.2 Å². The minimum absolute atomic E-state index is 0.0654. The number of hydrogen-bond donors (Lipinski definition) is 2. The Morgan fingerprint density at radius 3 is 2.67 bits per heavy atom. The van der Waals surface area contributed by atoms with Crippen molar-refractivity contribution in [1.82, 2.24) is 10.6 Å². The maximum absolute atomic E-state index is 13.5. The third kappa shape index (κ3) is 4.77. The molecule has 21 heavy (non-hydrogen) atoms. The van der Waals surface area contributed by atoms with Crippen LogP contribution >= 0.6 is 0 Å². The summed E-state index contributed by atoms with van der Waals surface area (Å²) >= 11 is 0. The summed E-state index contributed by atoms with van der Waals surface area (Å²) in [6.45, 7) is 1.95. The molecule has 5 heteroatoms. The van der Waals surface area contributed by atoms with Crippen molar-refractivity contribution in [2.45, 2.75) is 57.7 Å². The van der Waals surface area contributed by atoms with Gasteiger partial charge in [0.25, 0.3) is 0 Å². The van der Waals surface area contributed by atoms with Crippen molar-refractivity contribution in [3.63, 3.8) is 0 Å². The summed E-state index contributed by atoms with van der Waals surface area (Å²) in [5, 5.41) is 6.00. The third-order valence-electron chi connectivity index (χ3n) is 3.96. The SMILES string of the molecule is CC(NCc1ccc(F)cc1F)C(=O)NC1CCCCC1. The van der Waals surface area contributed by atoms with E-state index in [0.29, 0.717) is 5.56 Å². The predicted molar refractivity (Wildman–Crippen MR) is 77.7 cm³/mol. The summed E-state index contributed by atoms with van der Waals surface area (Å²) in [4.78, 5) is 12.0. The minimum Gasteiger partial charge on any atom is -0.352 e. The quantitative estimate of drug-likeness (QED) is 0.877. The van der Waals surface area contributed by atoms with Crippen molar-refractivity contribution < 1.29 is 13.6 Å². The van der Waals surface area contributed by atoms with Crippen molar-refractivity contribution in [3.8, 4) is 0 Å². The fourth-order valence-electron chi connectivity index (χ4n) is 2.59. The van der Waals surface area contributed by atoms with E-state index in [1.54, 1.807) is 6.92 Å². The van der Waals surface area contributed by atoms with Crippen LogP contribution in [-0.4, -0.2) is 18.0 Å². The maximum Gasteiger partial charge on any atom is 0.237 e. The molecule has 0 spiro atoms. The zero-order valence-electron chi connectivity index (χ0n) is 12.3. The number of hydrogen-bond acceptors (Lipinski definition) is 2. The molecule has 1 amide bonds. The zero-order chi connectivity index (χ0) is 15.2. The maximum atomic E-state index is 13.5. The number of benzene rings is 1. The molecule has 2 N–H and O–H groups in total. The highest BCUT2D eigenvalue weighted by Crippen LogP contribution is 2.17. The highest BCUT2D eigenvalue weighted by atomic mass is 19.1. The van der Waals surface area contributed by atoms with Gasteiger partial charge in [-0.1, -0.05) is 25.3 Å². The van der Waals surface area contributed by atoms with Gasteiger partial charge in [-0.25, -0.2) is 8.78 Å². The van der Waals surface area contributed by atoms with E-state index < -0.39 is 17.7 Å². The molecule has 0 saturated heterocycles. The molecule has 0 radical (unpaired) electrons. The number of nitrogens with one attached hydrogen (secondary N) is 2. The van der Waals surface area contributed by atoms with Crippen molar-refractivity contribution in [1.29, 1.82) is 0 Å². The molecule has 1 fully saturated rings. The summed E-state index contributed by atoms with van der Waals surface area (Å²) in [6.07, 6.45) is 5.63. The molecule has 3 nitrogen and oxygen atoms in total. The van der Waals surface area contributed by atoms with E-state index in [0.717, 1.165) is 31.7 Å². The van der Waals surface area contributed by atoms with Gasteiger partial charge in [-0.15, -0.1) is 0 Å². The first-order chi connectivity index (χ1) is 10.1. The van der Waals surface area contributed by atoms with Crippen molar-refractivity contribution >= 4 is 5.91 Å². The Hall–Kier alpha value is -1.49. The minimum atomic E-state index is -0.598. The average Bonchev–Trinajstić information content (AvgIpc) is 2.47. The van der Waals surface area contributed by atoms with Gasteiger partial charge in [-0.05, 0) is 25.8 Å². The number of halogens is 2. The van der Waals surface area contributed by atoms with Crippen LogP contribution in [0.5, 0.6) is 0 Å². The van der Waals surface area contributed by atoms with Gasteiger partial charge < -0.3 is 10.6 Å². The van der Waals surface area contributed by atoms with Crippen LogP contribution in [0, 0.1) is 11.6 Å².